The lowest BCUT2D eigenvalue weighted by atomic mass is 9.71. The molecule has 2 aromatic carbocycles. The van der Waals surface area contributed by atoms with Crippen LogP contribution >= 0.6 is 23.2 Å². The fourth-order valence-electron chi connectivity index (χ4n) is 5.62. The lowest BCUT2D eigenvalue weighted by Gasteiger charge is -2.44. The Kier molecular flexibility index (Phi) is 6.39. The van der Waals surface area contributed by atoms with Crippen LogP contribution in [0.5, 0.6) is 0 Å². The van der Waals surface area contributed by atoms with Crippen molar-refractivity contribution in [3.8, 4) is 0 Å². The van der Waals surface area contributed by atoms with Crippen LogP contribution in [0.4, 0.5) is 0 Å². The molecule has 0 bridgehead atoms. The first-order chi connectivity index (χ1) is 16.0. The summed E-state index contributed by atoms with van der Waals surface area (Å²) in [6, 6.07) is 10.9. The van der Waals surface area contributed by atoms with Gasteiger partial charge in [0.25, 0.3) is 11.8 Å². The van der Waals surface area contributed by atoms with Gasteiger partial charge in [-0.25, -0.2) is 0 Å². The van der Waals surface area contributed by atoms with E-state index in [9.17, 15) is 9.59 Å². The van der Waals surface area contributed by atoms with Gasteiger partial charge in [-0.15, -0.1) is 0 Å². The molecule has 1 aliphatic carbocycles. The fourth-order valence-corrected chi connectivity index (χ4v) is 6.01. The number of rotatable bonds is 3. The maximum Gasteiger partial charge on any atom is 0.253 e. The Balaban J connectivity index is 1.28. The van der Waals surface area contributed by atoms with Gasteiger partial charge in [-0.2, -0.15) is 0 Å². The monoisotopic (exact) mass is 485 g/mol. The number of likely N-dealkylation sites (tertiary alicyclic amines) is 1. The maximum atomic E-state index is 13.3. The van der Waals surface area contributed by atoms with Crippen LogP contribution in [-0.2, 0) is 6.42 Å². The molecule has 2 aromatic rings. The van der Waals surface area contributed by atoms with Crippen LogP contribution < -0.4 is 10.6 Å². The van der Waals surface area contributed by atoms with Gasteiger partial charge in [-0.1, -0.05) is 35.3 Å². The molecule has 174 valence electrons. The van der Waals surface area contributed by atoms with E-state index in [1.165, 1.54) is 18.4 Å². The van der Waals surface area contributed by atoms with Crippen LogP contribution in [0.1, 0.15) is 70.0 Å². The highest BCUT2D eigenvalue weighted by Gasteiger charge is 2.37. The molecule has 0 radical (unpaired) electrons. The molecule has 2 heterocycles. The summed E-state index contributed by atoms with van der Waals surface area (Å²) in [7, 11) is 0. The van der Waals surface area contributed by atoms with E-state index in [0.717, 1.165) is 57.4 Å². The normalized spacial score (nSPS) is 21.6. The van der Waals surface area contributed by atoms with Gasteiger partial charge in [-0.3, -0.25) is 9.59 Å². The Morgan fingerprint density at radius 3 is 2.55 bits per heavy atom. The van der Waals surface area contributed by atoms with Crippen molar-refractivity contribution in [2.24, 2.45) is 5.41 Å². The smallest absolute Gasteiger partial charge is 0.253 e. The zero-order valence-corrected chi connectivity index (χ0v) is 20.1. The van der Waals surface area contributed by atoms with Gasteiger partial charge in [0.2, 0.25) is 0 Å². The van der Waals surface area contributed by atoms with Gasteiger partial charge in [-0.05, 0) is 92.4 Å². The summed E-state index contributed by atoms with van der Waals surface area (Å²) in [6.45, 7) is 3.82. The van der Waals surface area contributed by atoms with E-state index in [2.05, 4.69) is 10.6 Å². The summed E-state index contributed by atoms with van der Waals surface area (Å²) in [5.74, 6) is -0.156. The molecule has 2 amide bonds. The number of carbonyl (C=O) groups excluding carboxylic acids is 2. The number of fused-ring (bicyclic) bond motifs is 1. The summed E-state index contributed by atoms with van der Waals surface area (Å²) in [5.41, 5.74) is 3.69. The molecule has 0 saturated carbocycles. The number of piperidine rings is 2. The molecular weight excluding hydrogens is 457 g/mol. The average Bonchev–Trinajstić information content (AvgIpc) is 3.23. The molecule has 5 nitrogen and oxygen atoms in total. The first-order valence-corrected chi connectivity index (χ1v) is 12.6. The number of amides is 2. The standard InChI is InChI=1S/C26H29Cl2N3O2/c27-21-3-1-2-19(23(21)28)24(32)30-22-7-6-17-4-5-18(16-20(17)22)25(33)31-14-10-26(11-15-31)8-12-29-13-9-26/h1-5,16,22,29H,6-15H2,(H,30,32). The predicted molar refractivity (Wildman–Crippen MR) is 131 cm³/mol. The van der Waals surface area contributed by atoms with Crippen molar-refractivity contribution in [3.05, 3.63) is 68.7 Å². The molecule has 1 spiro atoms. The number of carbonyl (C=O) groups is 2. The zero-order chi connectivity index (χ0) is 23.0. The molecule has 2 N–H and O–H groups in total. The predicted octanol–water partition coefficient (Wildman–Crippen LogP) is 5.02. The minimum Gasteiger partial charge on any atom is -0.345 e. The molecule has 5 rings (SSSR count). The second-order valence-electron chi connectivity index (χ2n) is 9.62. The van der Waals surface area contributed by atoms with Crippen molar-refractivity contribution < 1.29 is 9.59 Å². The SMILES string of the molecule is O=C(NC1CCc2ccc(C(=O)N3CCC4(CCNCC4)CC3)cc21)c1cccc(Cl)c1Cl. The zero-order valence-electron chi connectivity index (χ0n) is 18.6. The third-order valence-electron chi connectivity index (χ3n) is 7.75. The second kappa shape index (κ2) is 9.28. The summed E-state index contributed by atoms with van der Waals surface area (Å²) in [4.78, 5) is 28.2. The van der Waals surface area contributed by atoms with E-state index in [1.807, 2.05) is 23.1 Å². The highest BCUT2D eigenvalue weighted by molar-refractivity contribution is 6.43. The second-order valence-corrected chi connectivity index (χ2v) is 10.4. The summed E-state index contributed by atoms with van der Waals surface area (Å²) in [6.07, 6.45) is 6.28. The van der Waals surface area contributed by atoms with E-state index in [0.29, 0.717) is 21.6 Å². The topological polar surface area (TPSA) is 61.4 Å². The van der Waals surface area contributed by atoms with Gasteiger partial charge < -0.3 is 15.5 Å². The van der Waals surface area contributed by atoms with E-state index >= 15 is 0 Å². The Hall–Kier alpha value is -2.08. The van der Waals surface area contributed by atoms with E-state index < -0.39 is 0 Å². The minimum absolute atomic E-state index is 0.0939. The van der Waals surface area contributed by atoms with E-state index in [1.54, 1.807) is 18.2 Å². The summed E-state index contributed by atoms with van der Waals surface area (Å²) >= 11 is 12.3. The van der Waals surface area contributed by atoms with Crippen LogP contribution in [0.15, 0.2) is 36.4 Å². The van der Waals surface area contributed by atoms with Crippen molar-refractivity contribution in [3.63, 3.8) is 0 Å². The average molecular weight is 486 g/mol. The molecule has 2 aliphatic heterocycles. The lowest BCUT2D eigenvalue weighted by Crippen LogP contribution is -2.47. The van der Waals surface area contributed by atoms with Gasteiger partial charge in [0.15, 0.2) is 0 Å². The number of benzene rings is 2. The fraction of sp³-hybridized carbons (Fsp3) is 0.462. The molecule has 3 aliphatic rings. The number of nitrogens with zero attached hydrogens (tertiary/aromatic N) is 1. The minimum atomic E-state index is -0.250. The van der Waals surface area contributed by atoms with Crippen LogP contribution in [0.3, 0.4) is 0 Å². The molecule has 0 aromatic heterocycles. The van der Waals surface area contributed by atoms with Crippen LogP contribution in [0.25, 0.3) is 0 Å². The number of nitrogens with one attached hydrogen (secondary N) is 2. The Morgan fingerprint density at radius 1 is 1.03 bits per heavy atom. The van der Waals surface area contributed by atoms with Crippen molar-refractivity contribution >= 4 is 35.0 Å². The van der Waals surface area contributed by atoms with Gasteiger partial charge in [0.1, 0.15) is 0 Å². The third-order valence-corrected chi connectivity index (χ3v) is 8.57. The maximum absolute atomic E-state index is 13.3. The summed E-state index contributed by atoms with van der Waals surface area (Å²) in [5, 5.41) is 7.16. The quantitative estimate of drug-likeness (QED) is 0.641. The van der Waals surface area contributed by atoms with E-state index in [-0.39, 0.29) is 22.9 Å². The molecule has 1 unspecified atom stereocenters. The highest BCUT2D eigenvalue weighted by Crippen LogP contribution is 2.40. The van der Waals surface area contributed by atoms with Crippen LogP contribution in [-0.4, -0.2) is 42.9 Å². The number of hydrogen-bond acceptors (Lipinski definition) is 3. The summed E-state index contributed by atoms with van der Waals surface area (Å²) < 4.78 is 0. The Labute approximate surface area is 204 Å². The molecule has 7 heteroatoms. The van der Waals surface area contributed by atoms with Gasteiger partial charge >= 0.3 is 0 Å². The number of aryl methyl sites for hydroxylation is 1. The number of hydrogen-bond donors (Lipinski definition) is 2. The van der Waals surface area contributed by atoms with Gasteiger partial charge in [0, 0.05) is 18.7 Å². The molecule has 2 saturated heterocycles. The van der Waals surface area contributed by atoms with Crippen molar-refractivity contribution in [2.75, 3.05) is 26.2 Å². The first-order valence-electron chi connectivity index (χ1n) is 11.8. The van der Waals surface area contributed by atoms with Gasteiger partial charge in [0.05, 0.1) is 21.7 Å². The first kappa shape index (κ1) is 22.7. The highest BCUT2D eigenvalue weighted by atomic mass is 35.5. The van der Waals surface area contributed by atoms with Crippen LogP contribution in [0, 0.1) is 5.41 Å². The number of halogens is 2. The molecule has 1 atom stereocenters. The van der Waals surface area contributed by atoms with Crippen molar-refractivity contribution in [1.82, 2.24) is 15.5 Å². The Bertz CT molecular complexity index is 1070. The molecular formula is C26H29Cl2N3O2. The molecule has 2 fully saturated rings. The van der Waals surface area contributed by atoms with Crippen molar-refractivity contribution in [1.29, 1.82) is 0 Å². The van der Waals surface area contributed by atoms with Crippen LogP contribution in [0.2, 0.25) is 10.0 Å². The third kappa shape index (κ3) is 4.51. The molecule has 33 heavy (non-hydrogen) atoms. The largest absolute Gasteiger partial charge is 0.345 e. The van der Waals surface area contributed by atoms with E-state index in [4.69, 9.17) is 23.2 Å². The van der Waals surface area contributed by atoms with Crippen molar-refractivity contribution in [2.45, 2.75) is 44.6 Å². The Morgan fingerprint density at radius 2 is 1.79 bits per heavy atom. The lowest BCUT2D eigenvalue weighted by molar-refractivity contribution is 0.0495.